The fourth-order valence-corrected chi connectivity index (χ4v) is 2.44. The average Bonchev–Trinajstić information content (AvgIpc) is 2.82. The number of aromatic nitrogens is 2. The zero-order valence-electron chi connectivity index (χ0n) is 8.86. The van der Waals surface area contributed by atoms with E-state index in [1.807, 2.05) is 24.4 Å². The fraction of sp³-hybridized carbons (Fsp3) is 0.333. The fourth-order valence-electron chi connectivity index (χ4n) is 2.06. The smallest absolute Gasteiger partial charge is 0.225 e. The predicted octanol–water partition coefficient (Wildman–Crippen LogP) is 2.99. The predicted molar refractivity (Wildman–Crippen MR) is 68.7 cm³/mol. The first kappa shape index (κ1) is 10.0. The van der Waals surface area contributed by atoms with Crippen LogP contribution in [0.3, 0.4) is 0 Å². The first-order chi connectivity index (χ1) is 7.83. The molecule has 1 aliphatic heterocycles. The van der Waals surface area contributed by atoms with Gasteiger partial charge in [-0.15, -0.1) is 0 Å². The van der Waals surface area contributed by atoms with Crippen molar-refractivity contribution >= 4 is 32.8 Å². The van der Waals surface area contributed by atoms with Gasteiger partial charge < -0.3 is 4.90 Å². The largest absolute Gasteiger partial charge is 0.341 e. The molecule has 16 heavy (non-hydrogen) atoms. The summed E-state index contributed by atoms with van der Waals surface area (Å²) in [4.78, 5) is 11.3. The maximum absolute atomic E-state index is 4.59. The van der Waals surface area contributed by atoms with Gasteiger partial charge in [0, 0.05) is 29.1 Å². The third kappa shape index (κ3) is 1.78. The molecule has 0 unspecified atom stereocenters. The van der Waals surface area contributed by atoms with Gasteiger partial charge in [-0.05, 0) is 31.0 Å². The van der Waals surface area contributed by atoms with Crippen LogP contribution >= 0.6 is 15.9 Å². The average molecular weight is 278 g/mol. The molecule has 0 saturated carbocycles. The molecular weight excluding hydrogens is 266 g/mol. The number of rotatable bonds is 1. The van der Waals surface area contributed by atoms with Crippen LogP contribution in [-0.4, -0.2) is 23.1 Å². The highest BCUT2D eigenvalue weighted by molar-refractivity contribution is 9.10. The van der Waals surface area contributed by atoms with E-state index in [1.165, 1.54) is 12.8 Å². The molecule has 0 aliphatic carbocycles. The second-order valence-electron chi connectivity index (χ2n) is 4.07. The Bertz CT molecular complexity index is 521. The molecule has 4 heteroatoms. The summed E-state index contributed by atoms with van der Waals surface area (Å²) < 4.78 is 1.07. The van der Waals surface area contributed by atoms with E-state index in [2.05, 4.69) is 30.8 Å². The normalized spacial score (nSPS) is 15.9. The number of hydrogen-bond acceptors (Lipinski definition) is 3. The van der Waals surface area contributed by atoms with Crippen molar-refractivity contribution in [3.63, 3.8) is 0 Å². The highest BCUT2D eigenvalue weighted by Crippen LogP contribution is 2.21. The Morgan fingerprint density at radius 1 is 1.19 bits per heavy atom. The van der Waals surface area contributed by atoms with Gasteiger partial charge >= 0.3 is 0 Å². The molecule has 1 fully saturated rings. The van der Waals surface area contributed by atoms with Gasteiger partial charge in [-0.2, -0.15) is 0 Å². The zero-order chi connectivity index (χ0) is 11.0. The molecule has 0 atom stereocenters. The maximum Gasteiger partial charge on any atom is 0.225 e. The van der Waals surface area contributed by atoms with Crippen LogP contribution in [0.15, 0.2) is 28.9 Å². The van der Waals surface area contributed by atoms with E-state index >= 15 is 0 Å². The topological polar surface area (TPSA) is 29.0 Å². The van der Waals surface area contributed by atoms with E-state index in [4.69, 9.17) is 0 Å². The van der Waals surface area contributed by atoms with E-state index in [9.17, 15) is 0 Å². The Morgan fingerprint density at radius 2 is 2.00 bits per heavy atom. The third-order valence-electron chi connectivity index (χ3n) is 2.92. The summed E-state index contributed by atoms with van der Waals surface area (Å²) in [5.74, 6) is 0.868. The van der Waals surface area contributed by atoms with Gasteiger partial charge in [-0.1, -0.05) is 15.9 Å². The summed E-state index contributed by atoms with van der Waals surface area (Å²) in [6.45, 7) is 2.17. The minimum atomic E-state index is 0.868. The molecule has 0 N–H and O–H groups in total. The number of anilines is 1. The molecule has 0 amide bonds. The number of fused-ring (bicyclic) bond motifs is 1. The summed E-state index contributed by atoms with van der Waals surface area (Å²) in [7, 11) is 0. The van der Waals surface area contributed by atoms with Crippen LogP contribution < -0.4 is 4.90 Å². The number of benzene rings is 1. The van der Waals surface area contributed by atoms with Crippen LogP contribution in [0.25, 0.3) is 10.9 Å². The Morgan fingerprint density at radius 3 is 2.81 bits per heavy atom. The van der Waals surface area contributed by atoms with E-state index in [0.717, 1.165) is 34.4 Å². The highest BCUT2D eigenvalue weighted by Gasteiger charge is 2.14. The van der Waals surface area contributed by atoms with Crippen molar-refractivity contribution < 1.29 is 0 Å². The Balaban J connectivity index is 2.05. The van der Waals surface area contributed by atoms with Crippen molar-refractivity contribution in [3.05, 3.63) is 28.9 Å². The molecule has 2 heterocycles. The van der Waals surface area contributed by atoms with Crippen molar-refractivity contribution in [2.24, 2.45) is 0 Å². The summed E-state index contributed by atoms with van der Waals surface area (Å²) in [6.07, 6.45) is 4.41. The van der Waals surface area contributed by atoms with Crippen LogP contribution in [-0.2, 0) is 0 Å². The van der Waals surface area contributed by atoms with Crippen molar-refractivity contribution in [2.75, 3.05) is 18.0 Å². The van der Waals surface area contributed by atoms with Crippen molar-refractivity contribution in [2.45, 2.75) is 12.8 Å². The second-order valence-corrected chi connectivity index (χ2v) is 4.98. The minimum Gasteiger partial charge on any atom is -0.341 e. The summed E-state index contributed by atoms with van der Waals surface area (Å²) in [6, 6.07) is 6.09. The molecule has 82 valence electrons. The molecule has 2 aromatic rings. The van der Waals surface area contributed by atoms with Gasteiger partial charge in [0.15, 0.2) is 0 Å². The van der Waals surface area contributed by atoms with Crippen LogP contribution in [0.1, 0.15) is 12.8 Å². The Hall–Kier alpha value is -1.16. The standard InChI is InChI=1S/C12H12BrN3/c13-10-3-4-11-9(7-10)8-14-12(15-11)16-5-1-2-6-16/h3-4,7-8H,1-2,5-6H2. The molecule has 0 bridgehead atoms. The first-order valence-electron chi connectivity index (χ1n) is 5.50. The van der Waals surface area contributed by atoms with Crippen LogP contribution in [0.4, 0.5) is 5.95 Å². The zero-order valence-corrected chi connectivity index (χ0v) is 10.4. The Kier molecular flexibility index (Phi) is 2.52. The SMILES string of the molecule is Brc1ccc2nc(N3CCCC3)ncc2c1. The molecule has 1 aromatic heterocycles. The first-order valence-corrected chi connectivity index (χ1v) is 6.29. The monoisotopic (exact) mass is 277 g/mol. The van der Waals surface area contributed by atoms with E-state index in [1.54, 1.807) is 0 Å². The molecule has 3 nitrogen and oxygen atoms in total. The van der Waals surface area contributed by atoms with Gasteiger partial charge in [-0.25, -0.2) is 9.97 Å². The lowest BCUT2D eigenvalue weighted by molar-refractivity contribution is 0.907. The van der Waals surface area contributed by atoms with Crippen molar-refractivity contribution in [1.29, 1.82) is 0 Å². The number of halogens is 1. The molecule has 0 spiro atoms. The summed E-state index contributed by atoms with van der Waals surface area (Å²) >= 11 is 3.45. The molecular formula is C12H12BrN3. The van der Waals surface area contributed by atoms with E-state index in [-0.39, 0.29) is 0 Å². The van der Waals surface area contributed by atoms with E-state index in [0.29, 0.717) is 0 Å². The highest BCUT2D eigenvalue weighted by atomic mass is 79.9. The molecule has 3 rings (SSSR count). The number of nitrogens with zero attached hydrogens (tertiary/aromatic N) is 3. The van der Waals surface area contributed by atoms with Crippen LogP contribution in [0, 0.1) is 0 Å². The van der Waals surface area contributed by atoms with Crippen LogP contribution in [0.5, 0.6) is 0 Å². The quantitative estimate of drug-likeness (QED) is 0.803. The second kappa shape index (κ2) is 4.01. The number of hydrogen-bond donors (Lipinski definition) is 0. The van der Waals surface area contributed by atoms with Crippen LogP contribution in [0.2, 0.25) is 0 Å². The summed E-state index contributed by atoms with van der Waals surface area (Å²) in [5, 5.41) is 1.08. The van der Waals surface area contributed by atoms with Crippen molar-refractivity contribution in [3.8, 4) is 0 Å². The van der Waals surface area contributed by atoms with Gasteiger partial charge in [-0.3, -0.25) is 0 Å². The van der Waals surface area contributed by atoms with Crippen molar-refractivity contribution in [1.82, 2.24) is 9.97 Å². The Labute approximate surface area is 103 Å². The molecule has 0 radical (unpaired) electrons. The van der Waals surface area contributed by atoms with Gasteiger partial charge in [0.1, 0.15) is 0 Å². The molecule has 1 saturated heterocycles. The minimum absolute atomic E-state index is 0.868. The lowest BCUT2D eigenvalue weighted by atomic mass is 10.2. The maximum atomic E-state index is 4.59. The molecule has 1 aromatic carbocycles. The third-order valence-corrected chi connectivity index (χ3v) is 3.41. The summed E-state index contributed by atoms with van der Waals surface area (Å²) in [5.41, 5.74) is 1.01. The van der Waals surface area contributed by atoms with Gasteiger partial charge in [0.05, 0.1) is 5.52 Å². The lowest BCUT2D eigenvalue weighted by Gasteiger charge is -2.14. The van der Waals surface area contributed by atoms with Gasteiger partial charge in [0.25, 0.3) is 0 Å². The molecule has 1 aliphatic rings. The van der Waals surface area contributed by atoms with E-state index < -0.39 is 0 Å². The van der Waals surface area contributed by atoms with Gasteiger partial charge in [0.2, 0.25) is 5.95 Å². The lowest BCUT2D eigenvalue weighted by Crippen LogP contribution is -2.20.